The average molecular weight is 325 g/mol. The van der Waals surface area contributed by atoms with Crippen LogP contribution < -0.4 is 11.3 Å². The molecule has 3 heterocycles. The summed E-state index contributed by atoms with van der Waals surface area (Å²) in [6, 6.07) is 0. The molecule has 0 amide bonds. The predicted octanol–water partition coefficient (Wildman–Crippen LogP) is -1.63. The molecule has 0 bridgehead atoms. The van der Waals surface area contributed by atoms with Crippen molar-refractivity contribution in [3.63, 3.8) is 0 Å². The molecular weight excluding hydrogens is 306 g/mol. The molecule has 1 saturated heterocycles. The van der Waals surface area contributed by atoms with E-state index in [4.69, 9.17) is 15.2 Å². The first-order valence-corrected chi connectivity index (χ1v) is 7.03. The number of fused-ring (bicyclic) bond motifs is 1. The van der Waals surface area contributed by atoms with E-state index in [0.717, 1.165) is 0 Å². The van der Waals surface area contributed by atoms with Gasteiger partial charge in [0, 0.05) is 14.2 Å². The van der Waals surface area contributed by atoms with Crippen molar-refractivity contribution in [2.45, 2.75) is 31.0 Å². The smallest absolute Gasteiger partial charge is 0.282 e. The van der Waals surface area contributed by atoms with Crippen molar-refractivity contribution in [1.29, 1.82) is 0 Å². The molecule has 10 heteroatoms. The molecule has 4 atom stereocenters. The van der Waals surface area contributed by atoms with Crippen LogP contribution in [-0.4, -0.2) is 60.8 Å². The highest BCUT2D eigenvalue weighted by molar-refractivity contribution is 5.71. The second-order valence-corrected chi connectivity index (χ2v) is 5.70. The number of imidazole rings is 1. The Morgan fingerprint density at radius 1 is 1.57 bits per heavy atom. The third-order valence-electron chi connectivity index (χ3n) is 4.44. The van der Waals surface area contributed by atoms with Gasteiger partial charge in [-0.3, -0.25) is 13.9 Å². The molecular formula is C13H19N5O5. The van der Waals surface area contributed by atoms with Gasteiger partial charge in [0.05, 0.1) is 12.9 Å². The van der Waals surface area contributed by atoms with Crippen LogP contribution in [0, 0.1) is 0 Å². The topological polar surface area (TPSA) is 138 Å². The summed E-state index contributed by atoms with van der Waals surface area (Å²) in [6.07, 6.45) is -1.34. The first-order valence-electron chi connectivity index (χ1n) is 7.03. The molecule has 0 radical (unpaired) electrons. The summed E-state index contributed by atoms with van der Waals surface area (Å²) < 4.78 is 13.8. The number of methoxy groups -OCH3 is 1. The van der Waals surface area contributed by atoms with Gasteiger partial charge in [-0.1, -0.05) is 0 Å². The van der Waals surface area contributed by atoms with Gasteiger partial charge in [0.15, 0.2) is 17.4 Å². The second-order valence-electron chi connectivity index (χ2n) is 5.70. The molecule has 3 rings (SSSR count). The van der Waals surface area contributed by atoms with Crippen molar-refractivity contribution in [3.05, 3.63) is 16.7 Å². The highest BCUT2D eigenvalue weighted by Crippen LogP contribution is 2.41. The zero-order valence-electron chi connectivity index (χ0n) is 13.0. The van der Waals surface area contributed by atoms with Crippen molar-refractivity contribution in [3.8, 4) is 0 Å². The molecule has 10 nitrogen and oxygen atoms in total. The third kappa shape index (κ3) is 2.06. The number of nitrogens with zero attached hydrogens (tertiary/aromatic N) is 4. The van der Waals surface area contributed by atoms with Gasteiger partial charge in [-0.15, -0.1) is 0 Å². The lowest BCUT2D eigenvalue weighted by Gasteiger charge is -2.31. The predicted molar refractivity (Wildman–Crippen MR) is 79.6 cm³/mol. The number of rotatable bonds is 3. The van der Waals surface area contributed by atoms with Crippen molar-refractivity contribution in [1.82, 2.24) is 19.1 Å². The number of aliphatic hydroxyl groups excluding tert-OH is 2. The fourth-order valence-electron chi connectivity index (χ4n) is 2.83. The number of hydrogen-bond donors (Lipinski definition) is 3. The van der Waals surface area contributed by atoms with E-state index in [1.54, 1.807) is 6.92 Å². The van der Waals surface area contributed by atoms with Crippen molar-refractivity contribution in [2.75, 3.05) is 19.5 Å². The number of nitrogens with two attached hydrogens (primary N) is 1. The first-order chi connectivity index (χ1) is 10.8. The Morgan fingerprint density at radius 3 is 2.87 bits per heavy atom. The summed E-state index contributed by atoms with van der Waals surface area (Å²) in [5.74, 6) is 0.0284. The maximum atomic E-state index is 12.2. The lowest BCUT2D eigenvalue weighted by molar-refractivity contribution is -0.119. The number of ether oxygens (including phenoxy) is 2. The summed E-state index contributed by atoms with van der Waals surface area (Å²) in [4.78, 5) is 20.4. The third-order valence-corrected chi connectivity index (χ3v) is 4.44. The Balaban J connectivity index is 2.19. The summed E-state index contributed by atoms with van der Waals surface area (Å²) in [5, 5.41) is 19.7. The number of hydrogen-bond acceptors (Lipinski definition) is 8. The monoisotopic (exact) mass is 325 g/mol. The molecule has 126 valence electrons. The standard InChI is InChI=1S/C13H19N5O5/c1-13(22-3)8(20)6(4-19)23-11(13)18-5-15-7-9(18)16-12(14)17(2)10(7)21/h5-6,8,11,19-20H,4H2,1-3H3,(H2,14,16)/t6-,8-,11-,13-/m1/s1. The minimum absolute atomic E-state index is 0.0284. The van der Waals surface area contributed by atoms with Gasteiger partial charge >= 0.3 is 0 Å². The van der Waals surface area contributed by atoms with Gasteiger partial charge in [-0.2, -0.15) is 4.98 Å². The van der Waals surface area contributed by atoms with Gasteiger partial charge in [0.2, 0.25) is 5.95 Å². The van der Waals surface area contributed by atoms with E-state index in [2.05, 4.69) is 9.97 Å². The van der Waals surface area contributed by atoms with Crippen LogP contribution in [-0.2, 0) is 16.5 Å². The van der Waals surface area contributed by atoms with E-state index in [0.29, 0.717) is 0 Å². The van der Waals surface area contributed by atoms with Gasteiger partial charge in [-0.05, 0) is 6.92 Å². The Labute approximate surface area is 131 Å². The van der Waals surface area contributed by atoms with Crippen LogP contribution in [0.4, 0.5) is 5.95 Å². The fourth-order valence-corrected chi connectivity index (χ4v) is 2.83. The fraction of sp³-hybridized carbons (Fsp3) is 0.615. The lowest BCUT2D eigenvalue weighted by atomic mass is 9.96. The van der Waals surface area contributed by atoms with Crippen LogP contribution in [0.1, 0.15) is 13.2 Å². The van der Waals surface area contributed by atoms with E-state index < -0.39 is 24.0 Å². The van der Waals surface area contributed by atoms with Crippen LogP contribution in [0.15, 0.2) is 11.1 Å². The van der Waals surface area contributed by atoms with Gasteiger partial charge < -0.3 is 25.4 Å². The summed E-state index contributed by atoms with van der Waals surface area (Å²) in [7, 11) is 2.93. The number of anilines is 1. The average Bonchev–Trinajstić information content (AvgIpc) is 3.06. The molecule has 0 aliphatic carbocycles. The van der Waals surface area contributed by atoms with Gasteiger partial charge in [0.1, 0.15) is 17.8 Å². The van der Waals surface area contributed by atoms with Crippen molar-refractivity contribution in [2.24, 2.45) is 7.05 Å². The Kier molecular flexibility index (Phi) is 3.64. The van der Waals surface area contributed by atoms with Gasteiger partial charge in [-0.25, -0.2) is 4.98 Å². The largest absolute Gasteiger partial charge is 0.394 e. The highest BCUT2D eigenvalue weighted by Gasteiger charge is 2.54. The van der Waals surface area contributed by atoms with Crippen LogP contribution >= 0.6 is 0 Å². The van der Waals surface area contributed by atoms with Gasteiger partial charge in [0.25, 0.3) is 5.56 Å². The molecule has 4 N–H and O–H groups in total. The lowest BCUT2D eigenvalue weighted by Crippen LogP contribution is -2.46. The molecule has 0 aromatic carbocycles. The van der Waals surface area contributed by atoms with Crippen molar-refractivity contribution >= 4 is 17.1 Å². The SMILES string of the molecule is CO[C@]1(C)[C@H](O)[C@@H](CO)O[C@H]1n1cnc2c(=O)n(C)c(N)nc21. The maximum Gasteiger partial charge on any atom is 0.282 e. The quantitative estimate of drug-likeness (QED) is 0.611. The molecule has 0 spiro atoms. The molecule has 23 heavy (non-hydrogen) atoms. The number of aliphatic hydroxyl groups is 2. The van der Waals surface area contributed by atoms with E-state index in [1.165, 1.54) is 29.6 Å². The number of nitrogen functional groups attached to an aromatic ring is 1. The summed E-state index contributed by atoms with van der Waals surface area (Å²) in [5.41, 5.74) is 4.56. The molecule has 1 aliphatic rings. The molecule has 2 aromatic heterocycles. The van der Waals surface area contributed by atoms with Crippen LogP contribution in [0.5, 0.6) is 0 Å². The molecule has 0 saturated carbocycles. The molecule has 1 fully saturated rings. The summed E-state index contributed by atoms with van der Waals surface area (Å²) >= 11 is 0. The van der Waals surface area contributed by atoms with E-state index in [9.17, 15) is 15.0 Å². The normalized spacial score (nSPS) is 31.1. The van der Waals surface area contributed by atoms with Crippen LogP contribution in [0.3, 0.4) is 0 Å². The molecule has 1 aliphatic heterocycles. The number of aromatic nitrogens is 4. The highest BCUT2D eigenvalue weighted by atomic mass is 16.6. The van der Waals surface area contributed by atoms with Crippen LogP contribution in [0.2, 0.25) is 0 Å². The zero-order chi connectivity index (χ0) is 16.9. The minimum atomic E-state index is -1.15. The maximum absolute atomic E-state index is 12.2. The Hall–Kier alpha value is -2.01. The second kappa shape index (κ2) is 5.27. The van der Waals surface area contributed by atoms with E-state index >= 15 is 0 Å². The Bertz CT molecular complexity index is 802. The molecule has 2 aromatic rings. The zero-order valence-corrected chi connectivity index (χ0v) is 13.0. The van der Waals surface area contributed by atoms with Crippen molar-refractivity contribution < 1.29 is 19.7 Å². The van der Waals surface area contributed by atoms with Crippen LogP contribution in [0.25, 0.3) is 11.2 Å². The minimum Gasteiger partial charge on any atom is -0.394 e. The Morgan fingerprint density at radius 2 is 2.26 bits per heavy atom. The van der Waals surface area contributed by atoms with E-state index in [1.807, 2.05) is 0 Å². The first kappa shape index (κ1) is 15.9. The van der Waals surface area contributed by atoms with E-state index in [-0.39, 0.29) is 29.3 Å². The summed E-state index contributed by atoms with van der Waals surface area (Å²) in [6.45, 7) is 1.27. The molecule has 0 unspecified atom stereocenters.